The van der Waals surface area contributed by atoms with Crippen molar-refractivity contribution in [3.63, 3.8) is 0 Å². The normalized spacial score (nSPS) is 10.0. The van der Waals surface area contributed by atoms with Crippen molar-refractivity contribution in [1.29, 1.82) is 0 Å². The van der Waals surface area contributed by atoms with Gasteiger partial charge in [0.25, 0.3) is 5.91 Å². The SMILES string of the molecule is O=C(Nc1ccc(F)cn1)c1ccncc1F. The molecule has 1 amide bonds. The molecule has 6 heteroatoms. The Hall–Kier alpha value is -2.37. The van der Waals surface area contributed by atoms with Gasteiger partial charge in [-0.3, -0.25) is 9.78 Å². The topological polar surface area (TPSA) is 54.9 Å². The predicted molar refractivity (Wildman–Crippen MR) is 56.3 cm³/mol. The molecule has 1 N–H and O–H groups in total. The molecule has 0 aliphatic heterocycles. The van der Waals surface area contributed by atoms with Crippen LogP contribution in [0.3, 0.4) is 0 Å². The summed E-state index contributed by atoms with van der Waals surface area (Å²) in [7, 11) is 0. The van der Waals surface area contributed by atoms with Crippen molar-refractivity contribution in [2.45, 2.75) is 0 Å². The Morgan fingerprint density at radius 1 is 1.18 bits per heavy atom. The van der Waals surface area contributed by atoms with E-state index in [-0.39, 0.29) is 11.4 Å². The van der Waals surface area contributed by atoms with Crippen molar-refractivity contribution < 1.29 is 13.6 Å². The molecule has 2 rings (SSSR count). The summed E-state index contributed by atoms with van der Waals surface area (Å²) in [6.45, 7) is 0. The molecule has 0 spiro atoms. The van der Waals surface area contributed by atoms with Crippen LogP contribution in [0, 0.1) is 11.6 Å². The highest BCUT2D eigenvalue weighted by molar-refractivity contribution is 6.03. The lowest BCUT2D eigenvalue weighted by molar-refractivity contribution is 0.102. The monoisotopic (exact) mass is 235 g/mol. The molecule has 4 nitrogen and oxygen atoms in total. The van der Waals surface area contributed by atoms with Gasteiger partial charge in [-0.2, -0.15) is 0 Å². The summed E-state index contributed by atoms with van der Waals surface area (Å²) in [5.74, 6) is -1.76. The predicted octanol–water partition coefficient (Wildman–Crippen LogP) is 2.01. The average Bonchev–Trinajstić information content (AvgIpc) is 2.32. The van der Waals surface area contributed by atoms with Gasteiger partial charge in [0.2, 0.25) is 0 Å². The summed E-state index contributed by atoms with van der Waals surface area (Å²) in [6.07, 6.45) is 3.20. The number of carbonyl (C=O) groups is 1. The lowest BCUT2D eigenvalue weighted by Crippen LogP contribution is -2.14. The first kappa shape index (κ1) is 11.1. The van der Waals surface area contributed by atoms with Crippen LogP contribution in [0.25, 0.3) is 0 Å². The van der Waals surface area contributed by atoms with Crippen LogP contribution in [-0.4, -0.2) is 15.9 Å². The van der Waals surface area contributed by atoms with E-state index in [2.05, 4.69) is 15.3 Å². The fourth-order valence-electron chi connectivity index (χ4n) is 1.19. The van der Waals surface area contributed by atoms with E-state index in [0.29, 0.717) is 0 Å². The molecule has 0 atom stereocenters. The van der Waals surface area contributed by atoms with E-state index < -0.39 is 17.5 Å². The van der Waals surface area contributed by atoms with Crippen molar-refractivity contribution in [1.82, 2.24) is 9.97 Å². The lowest BCUT2D eigenvalue weighted by atomic mass is 10.2. The van der Waals surface area contributed by atoms with Crippen LogP contribution in [0.5, 0.6) is 0 Å². The zero-order chi connectivity index (χ0) is 12.3. The maximum Gasteiger partial charge on any atom is 0.259 e. The first-order valence-electron chi connectivity index (χ1n) is 4.69. The van der Waals surface area contributed by atoms with Gasteiger partial charge < -0.3 is 5.32 Å². The second-order valence-corrected chi connectivity index (χ2v) is 3.17. The second-order valence-electron chi connectivity index (χ2n) is 3.17. The third kappa shape index (κ3) is 2.60. The van der Waals surface area contributed by atoms with Gasteiger partial charge in [-0.05, 0) is 18.2 Å². The quantitative estimate of drug-likeness (QED) is 0.866. The minimum atomic E-state index is -0.730. The van der Waals surface area contributed by atoms with Crippen molar-refractivity contribution in [3.8, 4) is 0 Å². The summed E-state index contributed by atoms with van der Waals surface area (Å²) in [5.41, 5.74) is -0.147. The number of hydrogen-bond donors (Lipinski definition) is 1. The van der Waals surface area contributed by atoms with Gasteiger partial charge in [0.05, 0.1) is 18.0 Å². The fourth-order valence-corrected chi connectivity index (χ4v) is 1.19. The molecular formula is C11H7F2N3O. The van der Waals surface area contributed by atoms with E-state index in [1.54, 1.807) is 0 Å². The third-order valence-corrected chi connectivity index (χ3v) is 1.99. The number of halogens is 2. The molecule has 0 saturated carbocycles. The zero-order valence-corrected chi connectivity index (χ0v) is 8.52. The minimum Gasteiger partial charge on any atom is -0.306 e. The van der Waals surface area contributed by atoms with Crippen molar-refractivity contribution in [2.24, 2.45) is 0 Å². The Morgan fingerprint density at radius 2 is 2.00 bits per heavy atom. The van der Waals surface area contributed by atoms with E-state index in [9.17, 15) is 13.6 Å². The number of amides is 1. The fraction of sp³-hybridized carbons (Fsp3) is 0. The molecule has 2 aromatic heterocycles. The highest BCUT2D eigenvalue weighted by Gasteiger charge is 2.11. The van der Waals surface area contributed by atoms with Crippen molar-refractivity contribution >= 4 is 11.7 Å². The van der Waals surface area contributed by atoms with Gasteiger partial charge in [-0.25, -0.2) is 13.8 Å². The minimum absolute atomic E-state index is 0.146. The number of nitrogens with one attached hydrogen (secondary N) is 1. The van der Waals surface area contributed by atoms with E-state index in [1.165, 1.54) is 18.3 Å². The number of hydrogen-bond acceptors (Lipinski definition) is 3. The molecule has 86 valence electrons. The molecule has 0 fully saturated rings. The van der Waals surface area contributed by atoms with Crippen LogP contribution < -0.4 is 5.32 Å². The van der Waals surface area contributed by atoms with Gasteiger partial charge in [0.15, 0.2) is 5.82 Å². The standard InChI is InChI=1S/C11H7F2N3O/c12-7-1-2-10(15-5-7)16-11(17)8-3-4-14-6-9(8)13/h1-6H,(H,15,16,17). The van der Waals surface area contributed by atoms with Crippen LogP contribution in [0.2, 0.25) is 0 Å². The summed E-state index contributed by atoms with van der Waals surface area (Å²) in [4.78, 5) is 18.8. The van der Waals surface area contributed by atoms with Gasteiger partial charge >= 0.3 is 0 Å². The molecule has 0 aliphatic rings. The molecule has 0 aromatic carbocycles. The molecule has 0 saturated heterocycles. The van der Waals surface area contributed by atoms with E-state index in [0.717, 1.165) is 18.5 Å². The van der Waals surface area contributed by atoms with Crippen molar-refractivity contribution in [3.05, 3.63) is 54.0 Å². The number of pyridine rings is 2. The molecule has 0 radical (unpaired) electrons. The Kier molecular flexibility index (Phi) is 3.04. The first-order chi connectivity index (χ1) is 8.16. The van der Waals surface area contributed by atoms with Crippen LogP contribution >= 0.6 is 0 Å². The number of anilines is 1. The van der Waals surface area contributed by atoms with E-state index >= 15 is 0 Å². The summed E-state index contributed by atoms with van der Waals surface area (Å²) >= 11 is 0. The zero-order valence-electron chi connectivity index (χ0n) is 8.52. The maximum absolute atomic E-state index is 13.2. The maximum atomic E-state index is 13.2. The van der Waals surface area contributed by atoms with Gasteiger partial charge in [0, 0.05) is 6.20 Å². The van der Waals surface area contributed by atoms with Crippen LogP contribution in [-0.2, 0) is 0 Å². The van der Waals surface area contributed by atoms with E-state index in [4.69, 9.17) is 0 Å². The lowest BCUT2D eigenvalue weighted by Gasteiger charge is -2.04. The first-order valence-corrected chi connectivity index (χ1v) is 4.69. The molecule has 17 heavy (non-hydrogen) atoms. The molecule has 0 bridgehead atoms. The van der Waals surface area contributed by atoms with Crippen LogP contribution in [0.15, 0.2) is 36.8 Å². The van der Waals surface area contributed by atoms with Crippen LogP contribution in [0.1, 0.15) is 10.4 Å². The summed E-state index contributed by atoms with van der Waals surface area (Å²) < 4.78 is 25.8. The molecule has 0 aliphatic carbocycles. The third-order valence-electron chi connectivity index (χ3n) is 1.99. The Bertz CT molecular complexity index is 543. The van der Waals surface area contributed by atoms with Gasteiger partial charge in [-0.1, -0.05) is 0 Å². The molecule has 0 unspecified atom stereocenters. The Balaban J connectivity index is 2.17. The second kappa shape index (κ2) is 4.65. The van der Waals surface area contributed by atoms with Crippen molar-refractivity contribution in [2.75, 3.05) is 5.32 Å². The molecule has 2 heterocycles. The smallest absolute Gasteiger partial charge is 0.259 e. The average molecular weight is 235 g/mol. The van der Waals surface area contributed by atoms with Crippen LogP contribution in [0.4, 0.5) is 14.6 Å². The van der Waals surface area contributed by atoms with Gasteiger partial charge in [0.1, 0.15) is 11.6 Å². The van der Waals surface area contributed by atoms with Gasteiger partial charge in [-0.15, -0.1) is 0 Å². The Labute approximate surface area is 95.3 Å². The highest BCUT2D eigenvalue weighted by Crippen LogP contribution is 2.09. The van der Waals surface area contributed by atoms with E-state index in [1.807, 2.05) is 0 Å². The molecule has 2 aromatic rings. The summed E-state index contributed by atoms with van der Waals surface area (Å²) in [6, 6.07) is 3.67. The summed E-state index contributed by atoms with van der Waals surface area (Å²) in [5, 5.41) is 2.34. The Morgan fingerprint density at radius 3 is 2.65 bits per heavy atom. The molecular weight excluding hydrogens is 228 g/mol. The largest absolute Gasteiger partial charge is 0.306 e. The number of carbonyl (C=O) groups excluding carboxylic acids is 1. The number of nitrogens with zero attached hydrogens (tertiary/aromatic N) is 2. The number of rotatable bonds is 2. The highest BCUT2D eigenvalue weighted by atomic mass is 19.1. The number of aromatic nitrogens is 2.